The number of imidazole rings is 1. The fourth-order valence-corrected chi connectivity index (χ4v) is 5.24. The Morgan fingerprint density at radius 2 is 1.69 bits per heavy atom. The van der Waals surface area contributed by atoms with Crippen molar-refractivity contribution < 1.29 is 18.3 Å². The van der Waals surface area contributed by atoms with Crippen molar-refractivity contribution in [3.63, 3.8) is 0 Å². The first kappa shape index (κ1) is 24.3. The summed E-state index contributed by atoms with van der Waals surface area (Å²) in [4.78, 5) is 20.2. The number of pyridine rings is 1. The van der Waals surface area contributed by atoms with Gasteiger partial charge in [0.15, 0.2) is 0 Å². The molecule has 5 rings (SSSR count). The van der Waals surface area contributed by atoms with Gasteiger partial charge in [0.25, 0.3) is 0 Å². The van der Waals surface area contributed by atoms with Crippen LogP contribution in [-0.4, -0.2) is 37.8 Å². The van der Waals surface area contributed by atoms with Crippen molar-refractivity contribution in [3.05, 3.63) is 76.5 Å². The maximum absolute atomic E-state index is 13.3. The summed E-state index contributed by atoms with van der Waals surface area (Å²) in [6.07, 6.45) is 5.26. The molecule has 0 radical (unpaired) electrons. The molecule has 0 aliphatic carbocycles. The van der Waals surface area contributed by atoms with Gasteiger partial charge in [0.2, 0.25) is 5.88 Å². The van der Waals surface area contributed by atoms with Gasteiger partial charge in [0.1, 0.15) is 0 Å². The van der Waals surface area contributed by atoms with Crippen LogP contribution < -0.4 is 10.6 Å². The molecule has 1 N–H and O–H groups in total. The topological polar surface area (TPSA) is 63.3 Å². The highest BCUT2D eigenvalue weighted by Crippen LogP contribution is 2.37. The molecule has 3 heterocycles. The monoisotopic (exact) mass is 514 g/mol. The number of nitrogens with zero attached hydrogens (tertiary/aromatic N) is 4. The van der Waals surface area contributed by atoms with Gasteiger partial charge in [-0.15, -0.1) is 0 Å². The first-order valence-electron chi connectivity index (χ1n) is 11.7. The molecule has 1 fully saturated rings. The van der Waals surface area contributed by atoms with Gasteiger partial charge in [-0.1, -0.05) is 0 Å². The number of rotatable bonds is 5. The van der Waals surface area contributed by atoms with Gasteiger partial charge in [-0.25, -0.2) is 9.36 Å². The maximum atomic E-state index is 13.3. The number of hydrogen-bond donors (Lipinski definition) is 1. The van der Waals surface area contributed by atoms with E-state index in [1.165, 1.54) is 35.3 Å². The van der Waals surface area contributed by atoms with Crippen molar-refractivity contribution in [2.75, 3.05) is 18.0 Å². The van der Waals surface area contributed by atoms with Crippen LogP contribution in [0.2, 0.25) is 0 Å². The molecular formula is C26H25F3N4O2S. The largest absolute Gasteiger partial charge is 0.493 e. The quantitative estimate of drug-likeness (QED) is 0.339. The second kappa shape index (κ2) is 9.57. The lowest BCUT2D eigenvalue weighted by Crippen LogP contribution is -2.29. The Morgan fingerprint density at radius 3 is 2.39 bits per heavy atom. The van der Waals surface area contributed by atoms with Gasteiger partial charge in [0.05, 0.1) is 23.4 Å². The van der Waals surface area contributed by atoms with E-state index in [1.807, 2.05) is 12.1 Å². The number of benzene rings is 2. The zero-order valence-electron chi connectivity index (χ0n) is 19.6. The van der Waals surface area contributed by atoms with Gasteiger partial charge >= 0.3 is 11.2 Å². The molecule has 0 atom stereocenters. The maximum Gasteiger partial charge on any atom is 0.446 e. The van der Waals surface area contributed by atoms with E-state index < -0.39 is 11.2 Å². The molecule has 1 saturated heterocycles. The van der Waals surface area contributed by atoms with Gasteiger partial charge in [-0.2, -0.15) is 13.2 Å². The van der Waals surface area contributed by atoms with Crippen LogP contribution in [0.25, 0.3) is 16.6 Å². The second-order valence-electron chi connectivity index (χ2n) is 8.87. The molecule has 1 aliphatic rings. The van der Waals surface area contributed by atoms with Gasteiger partial charge in [-0.3, -0.25) is 9.55 Å². The Kier molecular flexibility index (Phi) is 6.46. The summed E-state index contributed by atoms with van der Waals surface area (Å²) in [5.41, 5.74) is -1.39. The predicted octanol–water partition coefficient (Wildman–Crippen LogP) is 5.85. The van der Waals surface area contributed by atoms with E-state index in [-0.39, 0.29) is 34.8 Å². The molecule has 36 heavy (non-hydrogen) atoms. The molecule has 0 unspecified atom stereocenters. The average molecular weight is 515 g/mol. The fourth-order valence-electron chi connectivity index (χ4n) is 4.70. The molecule has 0 spiro atoms. The van der Waals surface area contributed by atoms with E-state index in [0.29, 0.717) is 5.69 Å². The van der Waals surface area contributed by atoms with E-state index >= 15 is 0 Å². The number of aromatic nitrogens is 3. The van der Waals surface area contributed by atoms with Gasteiger partial charge < -0.3 is 10.0 Å². The fraction of sp³-hybridized carbons (Fsp3) is 0.308. The van der Waals surface area contributed by atoms with Crippen molar-refractivity contribution in [1.29, 1.82) is 0 Å². The number of fused-ring (bicyclic) bond motifs is 1. The Morgan fingerprint density at radius 1 is 1.00 bits per heavy atom. The number of thioether (sulfide) groups is 1. The van der Waals surface area contributed by atoms with Crippen LogP contribution in [0.5, 0.6) is 5.88 Å². The zero-order valence-corrected chi connectivity index (χ0v) is 20.4. The summed E-state index contributed by atoms with van der Waals surface area (Å²) in [5.74, 6) is -0.247. The Hall–Kier alpha value is -3.40. The molecule has 10 heteroatoms. The standard InChI is InChI=1S/C26H25F3N4O2S/c1-17-24(34)33(19-5-8-21(9-6-19)36-26(27,28)29)25(35)32(17)16-18-11-12-30-23-10-7-20(15-22(18)23)31-13-3-2-4-14-31/h5-12,15,34H,2-4,13-14,16H2,1H3. The number of hydrogen-bond acceptors (Lipinski definition) is 5. The Labute approximate surface area is 210 Å². The van der Waals surface area contributed by atoms with Crippen LogP contribution in [0.3, 0.4) is 0 Å². The second-order valence-corrected chi connectivity index (χ2v) is 10.0. The van der Waals surface area contributed by atoms with Gasteiger partial charge in [-0.05, 0) is 92.0 Å². The van der Waals surface area contributed by atoms with Crippen LogP contribution in [-0.2, 0) is 6.54 Å². The summed E-state index contributed by atoms with van der Waals surface area (Å²) in [6.45, 7) is 3.88. The molecule has 188 valence electrons. The van der Waals surface area contributed by atoms with Crippen molar-refractivity contribution >= 4 is 28.4 Å². The zero-order chi connectivity index (χ0) is 25.4. The Bertz CT molecular complexity index is 1460. The number of anilines is 1. The van der Waals surface area contributed by atoms with Crippen molar-refractivity contribution in [1.82, 2.24) is 14.1 Å². The lowest BCUT2D eigenvalue weighted by molar-refractivity contribution is -0.0328. The number of halogens is 3. The normalized spacial score (nSPS) is 14.5. The average Bonchev–Trinajstić information content (AvgIpc) is 3.07. The molecule has 0 amide bonds. The third kappa shape index (κ3) is 4.82. The van der Waals surface area contributed by atoms with E-state index in [0.717, 1.165) is 52.7 Å². The summed E-state index contributed by atoms with van der Waals surface area (Å²) in [6, 6.07) is 13.4. The number of aromatic hydroxyl groups is 1. The van der Waals surface area contributed by atoms with E-state index in [9.17, 15) is 23.1 Å². The third-order valence-corrected chi connectivity index (χ3v) is 7.30. The molecular weight excluding hydrogens is 489 g/mol. The summed E-state index contributed by atoms with van der Waals surface area (Å²) < 4.78 is 40.5. The number of alkyl halides is 3. The Balaban J connectivity index is 1.50. The molecule has 6 nitrogen and oxygen atoms in total. The van der Waals surface area contributed by atoms with E-state index in [4.69, 9.17) is 0 Å². The molecule has 2 aromatic carbocycles. The number of piperidine rings is 1. The summed E-state index contributed by atoms with van der Waals surface area (Å²) in [5, 5.41) is 11.7. The first-order valence-corrected chi connectivity index (χ1v) is 12.5. The minimum Gasteiger partial charge on any atom is -0.493 e. The lowest BCUT2D eigenvalue weighted by Gasteiger charge is -2.29. The smallest absolute Gasteiger partial charge is 0.446 e. The van der Waals surface area contributed by atoms with Crippen LogP contribution >= 0.6 is 11.8 Å². The summed E-state index contributed by atoms with van der Waals surface area (Å²) in [7, 11) is 0. The molecule has 4 aromatic rings. The molecule has 1 aliphatic heterocycles. The minimum absolute atomic E-state index is 0.00251. The molecule has 0 saturated carbocycles. The highest BCUT2D eigenvalue weighted by atomic mass is 32.2. The van der Waals surface area contributed by atoms with Crippen molar-refractivity contribution in [2.45, 2.75) is 43.1 Å². The highest BCUT2D eigenvalue weighted by molar-refractivity contribution is 8.00. The van der Waals surface area contributed by atoms with Gasteiger partial charge in [0, 0.05) is 35.3 Å². The predicted molar refractivity (Wildman–Crippen MR) is 135 cm³/mol. The van der Waals surface area contributed by atoms with Crippen LogP contribution in [0.4, 0.5) is 18.9 Å². The SMILES string of the molecule is Cc1c(O)n(-c2ccc(SC(F)(F)F)cc2)c(=O)n1Cc1ccnc2ccc(N3CCCCC3)cc12. The minimum atomic E-state index is -4.40. The first-order chi connectivity index (χ1) is 17.2. The van der Waals surface area contributed by atoms with Crippen molar-refractivity contribution in [3.8, 4) is 11.6 Å². The summed E-state index contributed by atoms with van der Waals surface area (Å²) >= 11 is -0.229. The third-order valence-electron chi connectivity index (χ3n) is 6.56. The molecule has 2 aromatic heterocycles. The molecule has 0 bridgehead atoms. The van der Waals surface area contributed by atoms with Crippen LogP contribution in [0.15, 0.2) is 64.4 Å². The van der Waals surface area contributed by atoms with Crippen LogP contribution in [0, 0.1) is 6.92 Å². The van der Waals surface area contributed by atoms with Crippen molar-refractivity contribution in [2.24, 2.45) is 0 Å². The van der Waals surface area contributed by atoms with E-state index in [2.05, 4.69) is 22.0 Å². The van der Waals surface area contributed by atoms with E-state index in [1.54, 1.807) is 13.1 Å². The lowest BCUT2D eigenvalue weighted by atomic mass is 10.1. The highest BCUT2D eigenvalue weighted by Gasteiger charge is 2.29. The van der Waals surface area contributed by atoms with Crippen LogP contribution in [0.1, 0.15) is 30.5 Å².